The van der Waals surface area contributed by atoms with Crippen LogP contribution in [0, 0.1) is 10.1 Å². The van der Waals surface area contributed by atoms with Crippen molar-refractivity contribution in [2.75, 3.05) is 0 Å². The minimum atomic E-state index is -0.917. The molecule has 2 atom stereocenters. The number of nitrogens with zero attached hydrogens (tertiary/aromatic N) is 1. The molecule has 0 saturated carbocycles. The first-order valence-electron chi connectivity index (χ1n) is 6.64. The van der Waals surface area contributed by atoms with Gasteiger partial charge < -0.3 is 5.32 Å². The van der Waals surface area contributed by atoms with Crippen LogP contribution < -0.4 is 5.32 Å². The average molecular weight is 284 g/mol. The molecule has 0 heterocycles. The predicted octanol–water partition coefficient (Wildman–Crippen LogP) is 2.82. The minimum absolute atomic E-state index is 0.321. The number of nitro groups is 1. The molecule has 0 aliphatic heterocycles. The Bertz CT molecular complexity index is 614. The second-order valence-electron chi connectivity index (χ2n) is 4.75. The van der Waals surface area contributed by atoms with E-state index in [1.54, 1.807) is 48.5 Å². The maximum Gasteiger partial charge on any atom is 0.251 e. The van der Waals surface area contributed by atoms with E-state index < -0.39 is 12.1 Å². The van der Waals surface area contributed by atoms with Crippen LogP contribution in [0.5, 0.6) is 0 Å². The highest BCUT2D eigenvalue weighted by Gasteiger charge is 2.29. The van der Waals surface area contributed by atoms with E-state index in [-0.39, 0.29) is 10.8 Å². The van der Waals surface area contributed by atoms with Crippen molar-refractivity contribution in [2.24, 2.45) is 0 Å². The molecule has 0 spiro atoms. The second kappa shape index (κ2) is 6.65. The zero-order valence-electron chi connectivity index (χ0n) is 11.6. The third kappa shape index (κ3) is 3.66. The number of hydrogen-bond donors (Lipinski definition) is 1. The molecular weight excluding hydrogens is 268 g/mol. The standard InChI is InChI=1S/C16H16N2O3/c1-12(18(20)21)15(13-8-4-2-5-9-13)17-16(19)14-10-6-3-7-11-14/h2-12,15H,1H3,(H,17,19)/t12-,15+/m0/s1. The van der Waals surface area contributed by atoms with E-state index in [0.29, 0.717) is 11.1 Å². The second-order valence-corrected chi connectivity index (χ2v) is 4.75. The van der Waals surface area contributed by atoms with E-state index in [1.807, 2.05) is 12.1 Å². The van der Waals surface area contributed by atoms with Gasteiger partial charge in [-0.2, -0.15) is 0 Å². The number of rotatable bonds is 5. The Labute approximate surface area is 122 Å². The number of hydrogen-bond acceptors (Lipinski definition) is 3. The highest BCUT2D eigenvalue weighted by molar-refractivity contribution is 5.94. The number of carbonyl (C=O) groups excluding carboxylic acids is 1. The Balaban J connectivity index is 2.25. The van der Waals surface area contributed by atoms with Crippen LogP contribution in [0.1, 0.15) is 28.9 Å². The first-order valence-corrected chi connectivity index (χ1v) is 6.64. The lowest BCUT2D eigenvalue weighted by molar-refractivity contribution is -0.523. The van der Waals surface area contributed by atoms with Crippen molar-refractivity contribution in [3.8, 4) is 0 Å². The van der Waals surface area contributed by atoms with Gasteiger partial charge in [0, 0.05) is 17.4 Å². The van der Waals surface area contributed by atoms with Crippen molar-refractivity contribution in [2.45, 2.75) is 19.0 Å². The molecule has 0 bridgehead atoms. The van der Waals surface area contributed by atoms with Crippen LogP contribution >= 0.6 is 0 Å². The summed E-state index contributed by atoms with van der Waals surface area (Å²) in [5, 5.41) is 13.8. The average Bonchev–Trinajstić information content (AvgIpc) is 2.53. The summed E-state index contributed by atoms with van der Waals surface area (Å²) >= 11 is 0. The summed E-state index contributed by atoms with van der Waals surface area (Å²) in [6.07, 6.45) is 0. The summed E-state index contributed by atoms with van der Waals surface area (Å²) in [6.45, 7) is 1.49. The molecule has 2 aromatic rings. The van der Waals surface area contributed by atoms with Crippen molar-refractivity contribution in [1.82, 2.24) is 5.32 Å². The number of carbonyl (C=O) groups is 1. The topological polar surface area (TPSA) is 72.2 Å². The third-order valence-electron chi connectivity index (χ3n) is 3.30. The van der Waals surface area contributed by atoms with Gasteiger partial charge in [0.05, 0.1) is 0 Å². The Morgan fingerprint density at radius 2 is 1.57 bits per heavy atom. The summed E-state index contributed by atoms with van der Waals surface area (Å²) in [6, 6.07) is 16.0. The fourth-order valence-electron chi connectivity index (χ4n) is 2.08. The SMILES string of the molecule is C[C@@H]([C@@H](NC(=O)c1ccccc1)c1ccccc1)[N+](=O)[O-]. The molecule has 21 heavy (non-hydrogen) atoms. The molecule has 1 N–H and O–H groups in total. The van der Waals surface area contributed by atoms with Crippen molar-refractivity contribution in [3.05, 3.63) is 81.9 Å². The number of amides is 1. The molecular formula is C16H16N2O3. The maximum atomic E-state index is 12.2. The summed E-state index contributed by atoms with van der Waals surface area (Å²) in [7, 11) is 0. The van der Waals surface area contributed by atoms with Gasteiger partial charge >= 0.3 is 0 Å². The van der Waals surface area contributed by atoms with Crippen LogP contribution in [-0.2, 0) is 0 Å². The Morgan fingerprint density at radius 3 is 2.10 bits per heavy atom. The summed E-state index contributed by atoms with van der Waals surface area (Å²) in [5.41, 5.74) is 1.19. The highest BCUT2D eigenvalue weighted by atomic mass is 16.6. The fraction of sp³-hybridized carbons (Fsp3) is 0.188. The van der Waals surface area contributed by atoms with Crippen LogP contribution in [0.15, 0.2) is 60.7 Å². The Morgan fingerprint density at radius 1 is 1.05 bits per heavy atom. The molecule has 5 heteroatoms. The molecule has 0 aromatic heterocycles. The molecule has 0 saturated heterocycles. The lowest BCUT2D eigenvalue weighted by Gasteiger charge is -2.20. The third-order valence-corrected chi connectivity index (χ3v) is 3.30. The molecule has 5 nitrogen and oxygen atoms in total. The largest absolute Gasteiger partial charge is 0.338 e. The van der Waals surface area contributed by atoms with E-state index in [4.69, 9.17) is 0 Å². The normalized spacial score (nSPS) is 13.2. The highest BCUT2D eigenvalue weighted by Crippen LogP contribution is 2.19. The predicted molar refractivity (Wildman–Crippen MR) is 79.5 cm³/mol. The smallest absolute Gasteiger partial charge is 0.251 e. The van der Waals surface area contributed by atoms with Gasteiger partial charge in [0.15, 0.2) is 0 Å². The lowest BCUT2D eigenvalue weighted by atomic mass is 10.0. The van der Waals surface area contributed by atoms with Gasteiger partial charge in [-0.15, -0.1) is 0 Å². The van der Waals surface area contributed by atoms with Crippen molar-refractivity contribution in [3.63, 3.8) is 0 Å². The Kier molecular flexibility index (Phi) is 4.66. The Hall–Kier alpha value is -2.69. The summed E-state index contributed by atoms with van der Waals surface area (Å²) in [4.78, 5) is 22.9. The van der Waals surface area contributed by atoms with E-state index in [1.165, 1.54) is 6.92 Å². The van der Waals surface area contributed by atoms with Gasteiger partial charge in [0.2, 0.25) is 6.04 Å². The van der Waals surface area contributed by atoms with Crippen molar-refractivity contribution >= 4 is 5.91 Å². The fourth-order valence-corrected chi connectivity index (χ4v) is 2.08. The van der Waals surface area contributed by atoms with Gasteiger partial charge in [-0.05, 0) is 17.7 Å². The number of benzene rings is 2. The van der Waals surface area contributed by atoms with Gasteiger partial charge in [0.25, 0.3) is 5.91 Å². The monoisotopic (exact) mass is 284 g/mol. The molecule has 2 aromatic carbocycles. The van der Waals surface area contributed by atoms with Crippen molar-refractivity contribution in [1.29, 1.82) is 0 Å². The van der Waals surface area contributed by atoms with Gasteiger partial charge in [0.1, 0.15) is 6.04 Å². The lowest BCUT2D eigenvalue weighted by Crippen LogP contribution is -2.38. The van der Waals surface area contributed by atoms with Crippen LogP contribution in [0.2, 0.25) is 0 Å². The summed E-state index contributed by atoms with van der Waals surface area (Å²) < 4.78 is 0. The minimum Gasteiger partial charge on any atom is -0.338 e. The van der Waals surface area contributed by atoms with Crippen molar-refractivity contribution < 1.29 is 9.72 Å². The van der Waals surface area contributed by atoms with Gasteiger partial charge in [-0.25, -0.2) is 0 Å². The molecule has 2 rings (SSSR count). The zero-order chi connectivity index (χ0) is 15.2. The van der Waals surface area contributed by atoms with E-state index in [2.05, 4.69) is 5.32 Å². The first-order chi connectivity index (χ1) is 10.1. The molecule has 0 aliphatic rings. The van der Waals surface area contributed by atoms with Crippen LogP contribution in [0.4, 0.5) is 0 Å². The molecule has 0 fully saturated rings. The quantitative estimate of drug-likeness (QED) is 0.677. The van der Waals surface area contributed by atoms with Gasteiger partial charge in [-0.3, -0.25) is 14.9 Å². The number of nitrogens with one attached hydrogen (secondary N) is 1. The first kappa shape index (κ1) is 14.7. The summed E-state index contributed by atoms with van der Waals surface area (Å²) in [5.74, 6) is -0.321. The van der Waals surface area contributed by atoms with Gasteiger partial charge in [-0.1, -0.05) is 48.5 Å². The molecule has 0 radical (unpaired) electrons. The zero-order valence-corrected chi connectivity index (χ0v) is 11.6. The van der Waals surface area contributed by atoms with Crippen LogP contribution in [0.3, 0.4) is 0 Å². The van der Waals surface area contributed by atoms with Crippen LogP contribution in [0.25, 0.3) is 0 Å². The molecule has 108 valence electrons. The molecule has 1 amide bonds. The molecule has 0 aliphatic carbocycles. The van der Waals surface area contributed by atoms with E-state index >= 15 is 0 Å². The van der Waals surface area contributed by atoms with E-state index in [0.717, 1.165) is 0 Å². The van der Waals surface area contributed by atoms with Crippen LogP contribution in [-0.4, -0.2) is 16.9 Å². The van der Waals surface area contributed by atoms with E-state index in [9.17, 15) is 14.9 Å². The maximum absolute atomic E-state index is 12.2. The molecule has 0 unspecified atom stereocenters.